The molecular weight excluding hydrogens is 422 g/mol. The van der Waals surface area contributed by atoms with Crippen molar-refractivity contribution in [2.45, 2.75) is 24.3 Å². The quantitative estimate of drug-likeness (QED) is 0.577. The number of carbonyl (C=O) groups is 2. The number of hydrogen-bond donors (Lipinski definition) is 2. The Morgan fingerprint density at radius 3 is 2.10 bits per heavy atom. The van der Waals surface area contributed by atoms with Crippen LogP contribution in [0.1, 0.15) is 17.0 Å². The van der Waals surface area contributed by atoms with Gasteiger partial charge in [-0.25, -0.2) is 18.4 Å². The van der Waals surface area contributed by atoms with Gasteiger partial charge in [-0.3, -0.25) is 0 Å². The first-order chi connectivity index (χ1) is 14.7. The fraction of sp³-hybridized carbons (Fsp3) is 0.333. The van der Waals surface area contributed by atoms with Crippen LogP contribution in [0.5, 0.6) is 0 Å². The molecule has 2 aromatic rings. The average Bonchev–Trinajstić information content (AvgIpc) is 3.05. The lowest BCUT2D eigenvalue weighted by molar-refractivity contribution is -0.169. The van der Waals surface area contributed by atoms with Gasteiger partial charge in [0.05, 0.1) is 6.61 Å². The number of carboxylic acids is 1. The predicted octanol–water partition coefficient (Wildman–Crippen LogP) is 3.90. The highest BCUT2D eigenvalue weighted by Crippen LogP contribution is 2.44. The first-order valence-electron chi connectivity index (χ1n) is 9.28. The molecule has 1 amide bonds. The van der Waals surface area contributed by atoms with E-state index in [4.69, 9.17) is 9.84 Å². The third-order valence-electron chi connectivity index (χ3n) is 4.83. The molecule has 2 N–H and O–H groups in total. The van der Waals surface area contributed by atoms with E-state index in [1.54, 1.807) is 0 Å². The molecule has 166 valence electrons. The van der Waals surface area contributed by atoms with Gasteiger partial charge < -0.3 is 19.9 Å². The van der Waals surface area contributed by atoms with Gasteiger partial charge in [0.2, 0.25) is 0 Å². The van der Waals surface area contributed by atoms with Crippen molar-refractivity contribution in [3.8, 4) is 11.1 Å². The number of alkyl carbamates (subject to hydrolysis) is 1. The highest BCUT2D eigenvalue weighted by atomic mass is 19.3. The number of halogens is 4. The minimum atomic E-state index is -4.42. The molecule has 3 rings (SSSR count). The van der Waals surface area contributed by atoms with Gasteiger partial charge in [-0.05, 0) is 22.3 Å². The maximum atomic E-state index is 12.9. The normalized spacial score (nSPS) is 14.1. The van der Waals surface area contributed by atoms with Gasteiger partial charge in [-0.1, -0.05) is 48.5 Å². The maximum absolute atomic E-state index is 12.9. The zero-order valence-electron chi connectivity index (χ0n) is 16.1. The molecular formula is C21H19F4NO5. The summed E-state index contributed by atoms with van der Waals surface area (Å²) in [6.45, 7) is -2.70. The van der Waals surface area contributed by atoms with Crippen LogP contribution in [0.3, 0.4) is 0 Å². The van der Waals surface area contributed by atoms with Crippen LogP contribution >= 0.6 is 0 Å². The van der Waals surface area contributed by atoms with E-state index in [0.29, 0.717) is 0 Å². The largest absolute Gasteiger partial charge is 0.480 e. The van der Waals surface area contributed by atoms with Crippen LogP contribution < -0.4 is 5.32 Å². The summed E-state index contributed by atoms with van der Waals surface area (Å²) in [6.07, 6.45) is -5.05. The van der Waals surface area contributed by atoms with E-state index < -0.39 is 43.7 Å². The summed E-state index contributed by atoms with van der Waals surface area (Å²) in [5, 5.41) is 11.1. The Balaban J connectivity index is 1.58. The van der Waals surface area contributed by atoms with E-state index >= 15 is 0 Å². The number of aliphatic carboxylic acids is 1. The van der Waals surface area contributed by atoms with Gasteiger partial charge >= 0.3 is 24.4 Å². The second-order valence-corrected chi connectivity index (χ2v) is 6.94. The monoisotopic (exact) mass is 441 g/mol. The van der Waals surface area contributed by atoms with Crippen molar-refractivity contribution in [3.63, 3.8) is 0 Å². The zero-order chi connectivity index (χ0) is 22.6. The fourth-order valence-electron chi connectivity index (χ4n) is 3.33. The van der Waals surface area contributed by atoms with Crippen molar-refractivity contribution in [1.82, 2.24) is 5.32 Å². The Labute approximate surface area is 174 Å². The summed E-state index contributed by atoms with van der Waals surface area (Å²) in [7, 11) is 0. The van der Waals surface area contributed by atoms with Gasteiger partial charge in [-0.2, -0.15) is 8.78 Å². The maximum Gasteiger partial charge on any atom is 0.407 e. The second kappa shape index (κ2) is 9.34. The van der Waals surface area contributed by atoms with Gasteiger partial charge in [0.1, 0.15) is 13.2 Å². The highest BCUT2D eigenvalue weighted by molar-refractivity contribution is 5.81. The molecule has 0 radical (unpaired) electrons. The molecule has 1 aliphatic carbocycles. The molecule has 0 aliphatic heterocycles. The first kappa shape index (κ1) is 22.5. The summed E-state index contributed by atoms with van der Waals surface area (Å²) in [5.74, 6) is -6.27. The smallest absolute Gasteiger partial charge is 0.407 e. The summed E-state index contributed by atoms with van der Waals surface area (Å²) in [5.41, 5.74) is 3.90. The SMILES string of the molecule is O=C(NC(COCC(F)(F)C(F)F)C(=O)O)OCC1c2ccccc2-c2ccccc21. The number of rotatable bonds is 9. The Hall–Kier alpha value is -3.14. The zero-order valence-corrected chi connectivity index (χ0v) is 16.1. The van der Waals surface area contributed by atoms with Gasteiger partial charge in [0, 0.05) is 5.92 Å². The summed E-state index contributed by atoms with van der Waals surface area (Å²) >= 11 is 0. The Kier molecular flexibility index (Phi) is 6.79. The predicted molar refractivity (Wildman–Crippen MR) is 101 cm³/mol. The number of alkyl halides is 4. The number of nitrogens with one attached hydrogen (secondary N) is 1. The standard InChI is InChI=1S/C21H19F4NO5/c22-19(23)21(24,25)11-30-10-17(18(27)28)26-20(29)31-9-16-14-7-3-1-5-12(14)13-6-2-4-8-15(13)16/h1-8,16-17,19H,9-11H2,(H,26,29)(H,27,28). The van der Waals surface area contributed by atoms with Gasteiger partial charge in [0.25, 0.3) is 0 Å². The van der Waals surface area contributed by atoms with Crippen molar-refractivity contribution in [3.05, 3.63) is 59.7 Å². The molecule has 10 heteroatoms. The Morgan fingerprint density at radius 1 is 1.03 bits per heavy atom. The van der Waals surface area contributed by atoms with E-state index in [9.17, 15) is 27.2 Å². The molecule has 0 heterocycles. The van der Waals surface area contributed by atoms with Gasteiger partial charge in [0.15, 0.2) is 6.04 Å². The molecule has 6 nitrogen and oxygen atoms in total. The summed E-state index contributed by atoms with van der Waals surface area (Å²) in [4.78, 5) is 23.3. The van der Waals surface area contributed by atoms with E-state index in [2.05, 4.69) is 4.74 Å². The molecule has 1 aliphatic rings. The van der Waals surface area contributed by atoms with Crippen molar-refractivity contribution >= 4 is 12.1 Å². The first-order valence-corrected chi connectivity index (χ1v) is 9.28. The average molecular weight is 441 g/mol. The van der Waals surface area contributed by atoms with Crippen LogP contribution in [-0.2, 0) is 14.3 Å². The fourth-order valence-corrected chi connectivity index (χ4v) is 3.33. The lowest BCUT2D eigenvalue weighted by Crippen LogP contribution is -2.45. The molecule has 0 bridgehead atoms. The molecule has 0 fully saturated rings. The molecule has 2 aromatic carbocycles. The van der Waals surface area contributed by atoms with E-state index in [0.717, 1.165) is 22.3 Å². The molecule has 0 aromatic heterocycles. The summed E-state index contributed by atoms with van der Waals surface area (Å²) in [6, 6.07) is 13.4. The van der Waals surface area contributed by atoms with Crippen LogP contribution in [0, 0.1) is 0 Å². The topological polar surface area (TPSA) is 84.9 Å². The van der Waals surface area contributed by atoms with Crippen molar-refractivity contribution in [1.29, 1.82) is 0 Å². The summed E-state index contributed by atoms with van der Waals surface area (Å²) < 4.78 is 59.5. The number of amides is 1. The van der Waals surface area contributed by atoms with Crippen molar-refractivity contribution < 1.29 is 41.7 Å². The van der Waals surface area contributed by atoms with Crippen LogP contribution in [0.25, 0.3) is 11.1 Å². The van der Waals surface area contributed by atoms with Gasteiger partial charge in [-0.15, -0.1) is 0 Å². The Morgan fingerprint density at radius 2 is 1.58 bits per heavy atom. The van der Waals surface area contributed by atoms with E-state index in [-0.39, 0.29) is 12.5 Å². The molecule has 31 heavy (non-hydrogen) atoms. The van der Waals surface area contributed by atoms with Crippen LogP contribution in [0.4, 0.5) is 22.4 Å². The number of hydrogen-bond acceptors (Lipinski definition) is 4. The molecule has 0 saturated carbocycles. The lowest BCUT2D eigenvalue weighted by Gasteiger charge is -2.19. The van der Waals surface area contributed by atoms with Crippen molar-refractivity contribution in [2.75, 3.05) is 19.8 Å². The van der Waals surface area contributed by atoms with Crippen LogP contribution in [-0.4, -0.2) is 55.4 Å². The lowest BCUT2D eigenvalue weighted by atomic mass is 9.98. The Bertz CT molecular complexity index is 907. The third kappa shape index (κ3) is 5.13. The second-order valence-electron chi connectivity index (χ2n) is 6.94. The van der Waals surface area contributed by atoms with Crippen LogP contribution in [0.15, 0.2) is 48.5 Å². The minimum absolute atomic E-state index is 0.0868. The van der Waals surface area contributed by atoms with E-state index in [1.807, 2.05) is 53.8 Å². The van der Waals surface area contributed by atoms with Crippen molar-refractivity contribution in [2.24, 2.45) is 0 Å². The van der Waals surface area contributed by atoms with E-state index in [1.165, 1.54) is 0 Å². The molecule has 1 atom stereocenters. The molecule has 0 saturated heterocycles. The highest BCUT2D eigenvalue weighted by Gasteiger charge is 2.41. The number of carboxylic acid groups (broad SMARTS) is 1. The molecule has 0 spiro atoms. The molecule has 1 unspecified atom stereocenters. The third-order valence-corrected chi connectivity index (χ3v) is 4.83. The number of benzene rings is 2. The van der Waals surface area contributed by atoms with Crippen LogP contribution in [0.2, 0.25) is 0 Å². The number of ether oxygens (including phenoxy) is 2. The number of fused-ring (bicyclic) bond motifs is 3. The number of carbonyl (C=O) groups excluding carboxylic acids is 1. The minimum Gasteiger partial charge on any atom is -0.480 e.